The first-order valence-corrected chi connectivity index (χ1v) is 9.01. The largest absolute Gasteiger partial charge is 0.339 e. The number of hydrogen-bond donors (Lipinski definition) is 0. The van der Waals surface area contributed by atoms with Gasteiger partial charge in [-0.05, 0) is 0 Å². The van der Waals surface area contributed by atoms with Crippen LogP contribution < -0.4 is 0 Å². The Kier molecular flexibility index (Phi) is 6.91. The molecule has 0 saturated heterocycles. The van der Waals surface area contributed by atoms with Crippen molar-refractivity contribution in [2.45, 2.75) is 12.8 Å². The first kappa shape index (κ1) is 21.3. The number of benzene rings is 1. The molecule has 140 valence electrons. The van der Waals surface area contributed by atoms with E-state index in [4.69, 9.17) is 56.9 Å². The topological polar surface area (TPSA) is 105 Å². The third kappa shape index (κ3) is 3.97. The van der Waals surface area contributed by atoms with Crippen LogP contribution >= 0.6 is 46.4 Å². The Morgan fingerprint density at radius 2 is 1.26 bits per heavy atom. The van der Waals surface area contributed by atoms with E-state index >= 15 is 0 Å². The lowest BCUT2D eigenvalue weighted by Gasteiger charge is -2.23. The summed E-state index contributed by atoms with van der Waals surface area (Å²) in [5.41, 5.74) is -0.427. The van der Waals surface area contributed by atoms with Gasteiger partial charge in [-0.1, -0.05) is 46.4 Å². The minimum absolute atomic E-state index is 0.0438. The predicted octanol–water partition coefficient (Wildman–Crippen LogP) is 3.55. The Hall–Kier alpha value is -2.03. The molecule has 0 fully saturated rings. The summed E-state index contributed by atoms with van der Waals surface area (Å²) in [5, 5.41) is 16.6. The number of carbonyl (C=O) groups is 3. The Bertz CT molecular complexity index is 855. The Labute approximate surface area is 174 Å². The highest BCUT2D eigenvalue weighted by atomic mass is 35.5. The van der Waals surface area contributed by atoms with Gasteiger partial charge < -0.3 is 4.90 Å². The first-order chi connectivity index (χ1) is 12.8. The van der Waals surface area contributed by atoms with Crippen molar-refractivity contribution in [2.24, 2.45) is 0 Å². The minimum Gasteiger partial charge on any atom is -0.339 e. The van der Waals surface area contributed by atoms with E-state index in [1.807, 2.05) is 12.1 Å². The van der Waals surface area contributed by atoms with Gasteiger partial charge in [-0.15, -0.1) is 0 Å². The van der Waals surface area contributed by atoms with Crippen LogP contribution in [0.15, 0.2) is 0 Å². The molecule has 0 atom stereocenters. The van der Waals surface area contributed by atoms with Gasteiger partial charge >= 0.3 is 0 Å². The van der Waals surface area contributed by atoms with Crippen molar-refractivity contribution >= 4 is 64.1 Å². The van der Waals surface area contributed by atoms with Gasteiger partial charge in [-0.3, -0.25) is 19.3 Å². The molecule has 0 radical (unpaired) electrons. The summed E-state index contributed by atoms with van der Waals surface area (Å²) in [7, 11) is 0. The fourth-order valence-corrected chi connectivity index (χ4v) is 3.52. The molecular formula is C16H10Cl4N4O3. The van der Waals surface area contributed by atoms with Crippen LogP contribution in [0.1, 0.15) is 33.6 Å². The molecule has 3 amide bonds. The van der Waals surface area contributed by atoms with E-state index in [0.29, 0.717) is 4.90 Å². The fraction of sp³-hybridized carbons (Fsp3) is 0.312. The monoisotopic (exact) mass is 446 g/mol. The van der Waals surface area contributed by atoms with Crippen molar-refractivity contribution in [3.8, 4) is 12.1 Å². The molecule has 0 unspecified atom stereocenters. The molecule has 2 rings (SSSR count). The van der Waals surface area contributed by atoms with E-state index in [-0.39, 0.29) is 57.1 Å². The quantitative estimate of drug-likeness (QED) is 0.376. The lowest BCUT2D eigenvalue weighted by molar-refractivity contribution is -0.131. The molecule has 1 aromatic carbocycles. The maximum atomic E-state index is 12.6. The van der Waals surface area contributed by atoms with E-state index < -0.39 is 24.3 Å². The number of fused-ring (bicyclic) bond motifs is 1. The van der Waals surface area contributed by atoms with Crippen molar-refractivity contribution in [2.75, 3.05) is 19.6 Å². The molecule has 11 heteroatoms. The zero-order valence-electron chi connectivity index (χ0n) is 13.6. The SMILES string of the molecule is N#CCCN(CCC#N)C(=O)CN1C(=O)c2c(Cl)c(Cl)c(Cl)c(Cl)c2C1=O. The van der Waals surface area contributed by atoms with Crippen LogP contribution in [0, 0.1) is 22.7 Å². The van der Waals surface area contributed by atoms with Crippen LogP contribution in [0.25, 0.3) is 0 Å². The maximum Gasteiger partial charge on any atom is 0.263 e. The van der Waals surface area contributed by atoms with Crippen LogP contribution in [-0.2, 0) is 4.79 Å². The van der Waals surface area contributed by atoms with Crippen molar-refractivity contribution < 1.29 is 14.4 Å². The molecule has 7 nitrogen and oxygen atoms in total. The summed E-state index contributed by atoms with van der Waals surface area (Å²) in [6.07, 6.45) is 0.0876. The van der Waals surface area contributed by atoms with E-state index in [9.17, 15) is 14.4 Å². The summed E-state index contributed by atoms with van der Waals surface area (Å²) in [4.78, 5) is 39.6. The minimum atomic E-state index is -0.825. The molecule has 0 N–H and O–H groups in total. The standard InChI is InChI=1S/C16H10Cl4N4O3/c17-11-9-10(12(18)14(20)13(11)19)16(27)24(15(9)26)7-8(25)23(5-1-3-21)6-2-4-22/h1-2,5-7H2. The van der Waals surface area contributed by atoms with Gasteiger partial charge in [-0.2, -0.15) is 10.5 Å². The summed E-state index contributed by atoms with van der Waals surface area (Å²) >= 11 is 23.9. The summed E-state index contributed by atoms with van der Waals surface area (Å²) < 4.78 is 0. The number of rotatable bonds is 6. The zero-order valence-corrected chi connectivity index (χ0v) is 16.6. The molecular weight excluding hydrogens is 438 g/mol. The predicted molar refractivity (Wildman–Crippen MR) is 98.9 cm³/mol. The van der Waals surface area contributed by atoms with Gasteiger partial charge in [0.25, 0.3) is 11.8 Å². The van der Waals surface area contributed by atoms with Gasteiger partial charge in [0.15, 0.2) is 0 Å². The number of hydrogen-bond acceptors (Lipinski definition) is 5. The molecule has 1 heterocycles. The first-order valence-electron chi connectivity index (χ1n) is 7.50. The third-order valence-electron chi connectivity index (χ3n) is 3.82. The molecule has 0 aromatic heterocycles. The summed E-state index contributed by atoms with van der Waals surface area (Å²) in [5.74, 6) is -2.25. The average molecular weight is 448 g/mol. The summed E-state index contributed by atoms with van der Waals surface area (Å²) in [6, 6.07) is 3.79. The van der Waals surface area contributed by atoms with Crippen molar-refractivity contribution in [3.05, 3.63) is 31.2 Å². The second kappa shape index (κ2) is 8.77. The van der Waals surface area contributed by atoms with Gasteiger partial charge in [0.2, 0.25) is 5.91 Å². The highest BCUT2D eigenvalue weighted by Gasteiger charge is 2.42. The lowest BCUT2D eigenvalue weighted by Crippen LogP contribution is -2.43. The highest BCUT2D eigenvalue weighted by Crippen LogP contribution is 2.44. The maximum absolute atomic E-state index is 12.6. The molecule has 0 bridgehead atoms. The second-order valence-electron chi connectivity index (χ2n) is 5.40. The van der Waals surface area contributed by atoms with E-state index in [1.165, 1.54) is 4.90 Å². The van der Waals surface area contributed by atoms with Crippen LogP contribution in [0.5, 0.6) is 0 Å². The third-order valence-corrected chi connectivity index (χ3v) is 5.62. The van der Waals surface area contributed by atoms with Crippen molar-refractivity contribution in [1.82, 2.24) is 9.80 Å². The zero-order chi connectivity index (χ0) is 20.3. The van der Waals surface area contributed by atoms with Gasteiger partial charge in [0.1, 0.15) is 6.54 Å². The van der Waals surface area contributed by atoms with Gasteiger partial charge in [-0.25, -0.2) is 0 Å². The molecule has 1 aromatic rings. The Morgan fingerprint density at radius 3 is 1.63 bits per heavy atom. The van der Waals surface area contributed by atoms with E-state index in [0.717, 1.165) is 0 Å². The summed E-state index contributed by atoms with van der Waals surface area (Å²) in [6.45, 7) is -0.455. The molecule has 0 spiro atoms. The molecule has 1 aliphatic rings. The van der Waals surface area contributed by atoms with Crippen molar-refractivity contribution in [1.29, 1.82) is 10.5 Å². The second-order valence-corrected chi connectivity index (χ2v) is 6.91. The fourth-order valence-electron chi connectivity index (χ4n) is 2.51. The number of nitriles is 2. The Balaban J connectivity index is 2.32. The average Bonchev–Trinajstić information content (AvgIpc) is 2.89. The van der Waals surface area contributed by atoms with Crippen LogP contribution in [0.4, 0.5) is 0 Å². The number of nitrogens with zero attached hydrogens (tertiary/aromatic N) is 4. The van der Waals surface area contributed by atoms with Crippen molar-refractivity contribution in [3.63, 3.8) is 0 Å². The normalized spacial score (nSPS) is 12.6. The van der Waals surface area contributed by atoms with Crippen LogP contribution in [0.2, 0.25) is 20.1 Å². The van der Waals surface area contributed by atoms with E-state index in [2.05, 4.69) is 0 Å². The Morgan fingerprint density at radius 1 is 0.852 bits per heavy atom. The molecule has 0 saturated carbocycles. The van der Waals surface area contributed by atoms with Crippen LogP contribution in [0.3, 0.4) is 0 Å². The number of amides is 3. The van der Waals surface area contributed by atoms with Crippen LogP contribution in [-0.4, -0.2) is 47.2 Å². The molecule has 1 aliphatic heterocycles. The number of imide groups is 1. The highest BCUT2D eigenvalue weighted by molar-refractivity contribution is 6.55. The van der Waals surface area contributed by atoms with Gasteiger partial charge in [0, 0.05) is 13.1 Å². The smallest absolute Gasteiger partial charge is 0.263 e. The van der Waals surface area contributed by atoms with E-state index in [1.54, 1.807) is 0 Å². The van der Waals surface area contributed by atoms with Gasteiger partial charge in [0.05, 0.1) is 56.2 Å². The molecule has 27 heavy (non-hydrogen) atoms. The number of halogens is 4. The lowest BCUT2D eigenvalue weighted by atomic mass is 10.1. The molecule has 0 aliphatic carbocycles. The number of carbonyl (C=O) groups excluding carboxylic acids is 3.